The zero-order valence-electron chi connectivity index (χ0n) is 7.96. The van der Waals surface area contributed by atoms with Gasteiger partial charge in [0.2, 0.25) is 0 Å². The standard InChI is InChI=1S/C9H10N4O2/c14-9(8-2-1-7-15-8)10-5-6-13-11-3-4-12-13/h1-4,7H,5-6H2,(H,10,14). The van der Waals surface area contributed by atoms with Gasteiger partial charge in [0.1, 0.15) is 0 Å². The van der Waals surface area contributed by atoms with Gasteiger partial charge < -0.3 is 9.73 Å². The Kier molecular flexibility index (Phi) is 2.77. The van der Waals surface area contributed by atoms with Crippen LogP contribution in [-0.4, -0.2) is 27.4 Å². The maximum atomic E-state index is 11.4. The highest BCUT2D eigenvalue weighted by molar-refractivity contribution is 5.91. The molecular formula is C9H10N4O2. The molecule has 2 rings (SSSR count). The maximum absolute atomic E-state index is 11.4. The highest BCUT2D eigenvalue weighted by atomic mass is 16.3. The lowest BCUT2D eigenvalue weighted by molar-refractivity contribution is 0.0924. The Labute approximate surface area is 85.9 Å². The largest absolute Gasteiger partial charge is 0.459 e. The molecule has 78 valence electrons. The molecule has 1 N–H and O–H groups in total. The molecule has 0 aliphatic heterocycles. The second kappa shape index (κ2) is 4.41. The van der Waals surface area contributed by atoms with Crippen LogP contribution < -0.4 is 5.32 Å². The molecule has 0 bridgehead atoms. The van der Waals surface area contributed by atoms with E-state index in [1.807, 2.05) is 0 Å². The summed E-state index contributed by atoms with van der Waals surface area (Å²) in [7, 11) is 0. The van der Waals surface area contributed by atoms with Crippen molar-refractivity contribution in [1.82, 2.24) is 20.3 Å². The van der Waals surface area contributed by atoms with Crippen LogP contribution in [0.15, 0.2) is 35.2 Å². The Balaban J connectivity index is 1.77. The van der Waals surface area contributed by atoms with Crippen LogP contribution in [0.5, 0.6) is 0 Å². The van der Waals surface area contributed by atoms with E-state index in [1.54, 1.807) is 24.5 Å². The van der Waals surface area contributed by atoms with Gasteiger partial charge in [-0.15, -0.1) is 0 Å². The molecule has 0 aromatic carbocycles. The van der Waals surface area contributed by atoms with Crippen LogP contribution in [0.1, 0.15) is 10.6 Å². The number of rotatable bonds is 4. The number of amides is 1. The maximum Gasteiger partial charge on any atom is 0.287 e. The quantitative estimate of drug-likeness (QED) is 0.780. The van der Waals surface area contributed by atoms with Crippen LogP contribution in [-0.2, 0) is 6.54 Å². The van der Waals surface area contributed by atoms with Gasteiger partial charge in [-0.2, -0.15) is 15.0 Å². The van der Waals surface area contributed by atoms with E-state index in [4.69, 9.17) is 4.42 Å². The van der Waals surface area contributed by atoms with E-state index < -0.39 is 0 Å². The van der Waals surface area contributed by atoms with Crippen LogP contribution in [0.3, 0.4) is 0 Å². The summed E-state index contributed by atoms with van der Waals surface area (Å²) in [6, 6.07) is 3.28. The van der Waals surface area contributed by atoms with Crippen molar-refractivity contribution in [1.29, 1.82) is 0 Å². The zero-order chi connectivity index (χ0) is 10.5. The van der Waals surface area contributed by atoms with Crippen molar-refractivity contribution >= 4 is 5.91 Å². The van der Waals surface area contributed by atoms with Crippen LogP contribution in [0.2, 0.25) is 0 Å². The molecule has 2 aromatic heterocycles. The fourth-order valence-electron chi connectivity index (χ4n) is 1.12. The molecule has 0 atom stereocenters. The molecule has 0 unspecified atom stereocenters. The number of furan rings is 1. The molecule has 0 saturated heterocycles. The average molecular weight is 206 g/mol. The predicted molar refractivity (Wildman–Crippen MR) is 51.1 cm³/mol. The van der Waals surface area contributed by atoms with E-state index in [0.29, 0.717) is 18.8 Å². The van der Waals surface area contributed by atoms with Crippen LogP contribution in [0.25, 0.3) is 0 Å². The van der Waals surface area contributed by atoms with E-state index in [2.05, 4.69) is 15.5 Å². The number of nitrogens with zero attached hydrogens (tertiary/aromatic N) is 3. The van der Waals surface area contributed by atoms with Gasteiger partial charge >= 0.3 is 0 Å². The van der Waals surface area contributed by atoms with Crippen LogP contribution in [0.4, 0.5) is 0 Å². The summed E-state index contributed by atoms with van der Waals surface area (Å²) in [6.07, 6.45) is 4.65. The number of carbonyl (C=O) groups is 1. The summed E-state index contributed by atoms with van der Waals surface area (Å²) in [5.74, 6) is 0.0792. The van der Waals surface area contributed by atoms with E-state index in [9.17, 15) is 4.79 Å². The van der Waals surface area contributed by atoms with Crippen molar-refractivity contribution in [2.24, 2.45) is 0 Å². The fraction of sp³-hybridized carbons (Fsp3) is 0.222. The minimum Gasteiger partial charge on any atom is -0.459 e. The molecule has 0 aliphatic rings. The Morgan fingerprint density at radius 1 is 1.47 bits per heavy atom. The van der Waals surface area contributed by atoms with Crippen molar-refractivity contribution < 1.29 is 9.21 Å². The molecule has 0 spiro atoms. The lowest BCUT2D eigenvalue weighted by atomic mass is 10.4. The van der Waals surface area contributed by atoms with Gasteiger partial charge in [-0.1, -0.05) is 0 Å². The van der Waals surface area contributed by atoms with Crippen LogP contribution >= 0.6 is 0 Å². The molecular weight excluding hydrogens is 196 g/mol. The smallest absolute Gasteiger partial charge is 0.287 e. The summed E-state index contributed by atoms with van der Waals surface area (Å²) >= 11 is 0. The summed E-state index contributed by atoms with van der Waals surface area (Å²) in [6.45, 7) is 1.01. The summed E-state index contributed by atoms with van der Waals surface area (Å²) < 4.78 is 4.93. The first-order valence-electron chi connectivity index (χ1n) is 4.52. The third-order valence-corrected chi connectivity index (χ3v) is 1.81. The molecule has 1 amide bonds. The molecule has 0 fully saturated rings. The Bertz CT molecular complexity index is 407. The normalized spacial score (nSPS) is 10.1. The Morgan fingerprint density at radius 2 is 2.27 bits per heavy atom. The second-order valence-electron chi connectivity index (χ2n) is 2.86. The topological polar surface area (TPSA) is 73.0 Å². The Morgan fingerprint density at radius 3 is 2.93 bits per heavy atom. The number of carbonyl (C=O) groups excluding carboxylic acids is 1. The van der Waals surface area contributed by atoms with Gasteiger partial charge in [-0.05, 0) is 12.1 Å². The SMILES string of the molecule is O=C(NCCn1nccn1)c1ccco1. The van der Waals surface area contributed by atoms with E-state index in [0.717, 1.165) is 0 Å². The number of aromatic nitrogens is 3. The van der Waals surface area contributed by atoms with E-state index in [1.165, 1.54) is 11.1 Å². The number of hydrogen-bond donors (Lipinski definition) is 1. The monoisotopic (exact) mass is 206 g/mol. The molecule has 6 nitrogen and oxygen atoms in total. The molecule has 0 saturated carbocycles. The highest BCUT2D eigenvalue weighted by Crippen LogP contribution is 1.98. The predicted octanol–water partition coefficient (Wildman–Crippen LogP) is 0.301. The van der Waals surface area contributed by atoms with Crippen molar-refractivity contribution in [3.8, 4) is 0 Å². The Hall–Kier alpha value is -2.11. The zero-order valence-corrected chi connectivity index (χ0v) is 7.96. The molecule has 2 aromatic rings. The third kappa shape index (κ3) is 2.43. The average Bonchev–Trinajstić information content (AvgIpc) is 2.90. The lowest BCUT2D eigenvalue weighted by Crippen LogP contribution is -2.27. The first kappa shape index (κ1) is 9.45. The number of nitrogens with one attached hydrogen (secondary N) is 1. The van der Waals surface area contributed by atoms with Gasteiger partial charge in [0.05, 0.1) is 25.2 Å². The van der Waals surface area contributed by atoms with Crippen molar-refractivity contribution in [3.63, 3.8) is 0 Å². The summed E-state index contributed by atoms with van der Waals surface area (Å²) in [4.78, 5) is 12.9. The second-order valence-corrected chi connectivity index (χ2v) is 2.86. The number of hydrogen-bond acceptors (Lipinski definition) is 4. The van der Waals surface area contributed by atoms with Gasteiger partial charge in [0.25, 0.3) is 5.91 Å². The third-order valence-electron chi connectivity index (χ3n) is 1.81. The van der Waals surface area contributed by atoms with Crippen molar-refractivity contribution in [2.75, 3.05) is 6.54 Å². The lowest BCUT2D eigenvalue weighted by Gasteiger charge is -2.01. The van der Waals surface area contributed by atoms with Crippen molar-refractivity contribution in [2.45, 2.75) is 6.54 Å². The molecule has 2 heterocycles. The summed E-state index contributed by atoms with van der Waals surface area (Å²) in [5, 5.41) is 10.5. The first-order valence-corrected chi connectivity index (χ1v) is 4.52. The molecule has 6 heteroatoms. The first-order chi connectivity index (χ1) is 7.36. The van der Waals surface area contributed by atoms with E-state index >= 15 is 0 Å². The fourth-order valence-corrected chi connectivity index (χ4v) is 1.12. The van der Waals surface area contributed by atoms with Crippen LogP contribution in [0, 0.1) is 0 Å². The minimum absolute atomic E-state index is 0.229. The highest BCUT2D eigenvalue weighted by Gasteiger charge is 2.06. The van der Waals surface area contributed by atoms with Gasteiger partial charge in [0, 0.05) is 6.54 Å². The van der Waals surface area contributed by atoms with Gasteiger partial charge in [-0.25, -0.2) is 0 Å². The molecule has 0 radical (unpaired) electrons. The van der Waals surface area contributed by atoms with Crippen molar-refractivity contribution in [3.05, 3.63) is 36.5 Å². The van der Waals surface area contributed by atoms with Gasteiger partial charge in [-0.3, -0.25) is 4.79 Å². The molecule has 15 heavy (non-hydrogen) atoms. The van der Waals surface area contributed by atoms with E-state index in [-0.39, 0.29) is 5.91 Å². The summed E-state index contributed by atoms with van der Waals surface area (Å²) in [5.41, 5.74) is 0. The van der Waals surface area contributed by atoms with Gasteiger partial charge in [0.15, 0.2) is 5.76 Å². The molecule has 0 aliphatic carbocycles. The minimum atomic E-state index is -0.229.